The Bertz CT molecular complexity index is 689. The topological polar surface area (TPSA) is 42.7 Å². The minimum absolute atomic E-state index is 0.0687. The average molecular weight is 294 g/mol. The molecule has 3 rings (SSSR count). The molecule has 2 heterocycles. The molecule has 0 N–H and O–H groups in total. The van der Waals surface area contributed by atoms with E-state index in [1.165, 1.54) is 12.7 Å². The van der Waals surface area contributed by atoms with Crippen LogP contribution in [-0.2, 0) is 0 Å². The number of piperidine rings is 1. The molecular weight excluding hydrogens is 278 g/mol. The van der Waals surface area contributed by atoms with Gasteiger partial charge in [0.25, 0.3) is 0 Å². The lowest BCUT2D eigenvalue weighted by Gasteiger charge is -2.27. The van der Waals surface area contributed by atoms with Crippen LogP contribution in [0.5, 0.6) is 5.75 Å². The van der Waals surface area contributed by atoms with E-state index in [4.69, 9.17) is 20.8 Å². The molecule has 0 bridgehead atoms. The first-order chi connectivity index (χ1) is 9.70. The van der Waals surface area contributed by atoms with Crippen LogP contribution in [0.2, 0.25) is 5.02 Å². The zero-order valence-electron chi connectivity index (χ0n) is 11.3. The maximum Gasteiger partial charge on any atom is 0.217 e. The molecule has 2 aromatic rings. The molecule has 0 saturated carbocycles. The summed E-state index contributed by atoms with van der Waals surface area (Å²) in [5, 5.41) is 0.794. The quantitative estimate of drug-likeness (QED) is 0.850. The average Bonchev–Trinajstić information content (AvgIpc) is 2.48. The highest BCUT2D eigenvalue weighted by molar-refractivity contribution is 6.35. The van der Waals surface area contributed by atoms with E-state index in [1.807, 2.05) is 0 Å². The van der Waals surface area contributed by atoms with Gasteiger partial charge in [0.05, 0.1) is 17.5 Å². The van der Waals surface area contributed by atoms with Gasteiger partial charge >= 0.3 is 0 Å². The van der Waals surface area contributed by atoms with Crippen molar-refractivity contribution in [2.24, 2.45) is 0 Å². The van der Waals surface area contributed by atoms with Crippen molar-refractivity contribution in [3.05, 3.63) is 33.6 Å². The second kappa shape index (κ2) is 5.37. The molecule has 1 aliphatic rings. The van der Waals surface area contributed by atoms with E-state index in [9.17, 15) is 4.79 Å². The molecule has 106 valence electrons. The van der Waals surface area contributed by atoms with E-state index in [2.05, 4.69) is 4.90 Å². The molecule has 20 heavy (non-hydrogen) atoms. The number of nitrogens with zero attached hydrogens (tertiary/aromatic N) is 1. The highest BCUT2D eigenvalue weighted by Gasteiger charge is 2.18. The highest BCUT2D eigenvalue weighted by atomic mass is 35.5. The molecule has 0 unspecified atom stereocenters. The fourth-order valence-corrected chi connectivity index (χ4v) is 2.93. The lowest BCUT2D eigenvalue weighted by atomic mass is 10.1. The summed E-state index contributed by atoms with van der Waals surface area (Å²) < 4.78 is 10.7. The lowest BCUT2D eigenvalue weighted by molar-refractivity contribution is 0.414. The summed E-state index contributed by atoms with van der Waals surface area (Å²) in [7, 11) is 1.55. The SMILES string of the molecule is COc1cc(Cl)c2c(=O)c(N3CCCCC3)coc2c1. The number of anilines is 1. The fraction of sp³-hybridized carbons (Fsp3) is 0.400. The van der Waals surface area contributed by atoms with E-state index in [1.54, 1.807) is 19.2 Å². The van der Waals surface area contributed by atoms with Crippen molar-refractivity contribution in [1.29, 1.82) is 0 Å². The molecular formula is C15H16ClNO3. The number of halogens is 1. The third-order valence-corrected chi connectivity index (χ3v) is 4.02. The Kier molecular flexibility index (Phi) is 3.57. The van der Waals surface area contributed by atoms with Crippen LogP contribution in [0.1, 0.15) is 19.3 Å². The van der Waals surface area contributed by atoms with Crippen LogP contribution in [-0.4, -0.2) is 20.2 Å². The van der Waals surface area contributed by atoms with Crippen molar-refractivity contribution in [3.63, 3.8) is 0 Å². The van der Waals surface area contributed by atoms with Gasteiger partial charge in [-0.3, -0.25) is 4.79 Å². The van der Waals surface area contributed by atoms with Gasteiger partial charge in [-0.15, -0.1) is 0 Å². The molecule has 1 saturated heterocycles. The third kappa shape index (κ3) is 2.24. The van der Waals surface area contributed by atoms with Gasteiger partial charge < -0.3 is 14.1 Å². The van der Waals surface area contributed by atoms with E-state index in [0.29, 0.717) is 27.4 Å². The van der Waals surface area contributed by atoms with Crippen LogP contribution >= 0.6 is 11.6 Å². The predicted molar refractivity (Wildman–Crippen MR) is 80.1 cm³/mol. The number of benzene rings is 1. The van der Waals surface area contributed by atoms with Crippen molar-refractivity contribution >= 4 is 28.3 Å². The van der Waals surface area contributed by atoms with Crippen molar-refractivity contribution in [2.45, 2.75) is 19.3 Å². The Morgan fingerprint density at radius 2 is 2.00 bits per heavy atom. The van der Waals surface area contributed by atoms with E-state index < -0.39 is 0 Å². The van der Waals surface area contributed by atoms with Crippen molar-refractivity contribution in [2.75, 3.05) is 25.1 Å². The Labute approximate surface area is 121 Å². The van der Waals surface area contributed by atoms with Gasteiger partial charge in [-0.2, -0.15) is 0 Å². The summed E-state index contributed by atoms with van der Waals surface area (Å²) in [6.07, 6.45) is 4.96. The largest absolute Gasteiger partial charge is 0.497 e. The molecule has 1 fully saturated rings. The first kappa shape index (κ1) is 13.3. The summed E-state index contributed by atoms with van der Waals surface area (Å²) >= 11 is 6.20. The van der Waals surface area contributed by atoms with Crippen molar-refractivity contribution < 1.29 is 9.15 Å². The summed E-state index contributed by atoms with van der Waals surface area (Å²) in [5.41, 5.74) is 0.991. The summed E-state index contributed by atoms with van der Waals surface area (Å²) in [5.74, 6) is 0.580. The fourth-order valence-electron chi connectivity index (χ4n) is 2.64. The van der Waals surface area contributed by atoms with Crippen LogP contribution in [0.25, 0.3) is 11.0 Å². The number of rotatable bonds is 2. The second-order valence-electron chi connectivity index (χ2n) is 4.98. The predicted octanol–water partition coefficient (Wildman–Crippen LogP) is 3.45. The van der Waals surface area contributed by atoms with E-state index in [-0.39, 0.29) is 5.43 Å². The Morgan fingerprint density at radius 3 is 2.70 bits per heavy atom. The van der Waals surface area contributed by atoms with E-state index >= 15 is 0 Å². The van der Waals surface area contributed by atoms with Crippen LogP contribution in [0.4, 0.5) is 5.69 Å². The number of fused-ring (bicyclic) bond motifs is 1. The minimum Gasteiger partial charge on any atom is -0.497 e. The monoisotopic (exact) mass is 293 g/mol. The molecule has 0 aliphatic carbocycles. The maximum absolute atomic E-state index is 12.6. The zero-order valence-corrected chi connectivity index (χ0v) is 12.1. The Morgan fingerprint density at radius 1 is 1.25 bits per heavy atom. The summed E-state index contributed by atoms with van der Waals surface area (Å²) in [4.78, 5) is 14.7. The molecule has 0 spiro atoms. The number of methoxy groups -OCH3 is 1. The highest BCUT2D eigenvalue weighted by Crippen LogP contribution is 2.29. The molecule has 4 nitrogen and oxygen atoms in total. The minimum atomic E-state index is -0.0687. The molecule has 1 aromatic heterocycles. The Hall–Kier alpha value is -1.68. The second-order valence-corrected chi connectivity index (χ2v) is 5.39. The van der Waals surface area contributed by atoms with Crippen LogP contribution in [0.15, 0.2) is 27.6 Å². The smallest absolute Gasteiger partial charge is 0.217 e. The summed E-state index contributed by atoms with van der Waals surface area (Å²) in [6.45, 7) is 1.79. The van der Waals surface area contributed by atoms with E-state index in [0.717, 1.165) is 25.9 Å². The third-order valence-electron chi connectivity index (χ3n) is 3.72. The molecule has 0 radical (unpaired) electrons. The van der Waals surface area contributed by atoms with Gasteiger partial charge in [-0.25, -0.2) is 0 Å². The van der Waals surface area contributed by atoms with Crippen molar-refractivity contribution in [3.8, 4) is 5.75 Å². The van der Waals surface area contributed by atoms with Gasteiger partial charge in [0, 0.05) is 19.2 Å². The molecule has 0 atom stereocenters. The molecule has 5 heteroatoms. The van der Waals surface area contributed by atoms with Crippen LogP contribution in [0, 0.1) is 0 Å². The summed E-state index contributed by atoms with van der Waals surface area (Å²) in [6, 6.07) is 3.32. The maximum atomic E-state index is 12.6. The molecule has 1 aromatic carbocycles. The van der Waals surface area contributed by atoms with Gasteiger partial charge in [0.1, 0.15) is 23.3 Å². The first-order valence-corrected chi connectivity index (χ1v) is 7.12. The zero-order chi connectivity index (χ0) is 14.1. The van der Waals surface area contributed by atoms with Gasteiger partial charge in [0.15, 0.2) is 0 Å². The number of hydrogen-bond donors (Lipinski definition) is 0. The first-order valence-electron chi connectivity index (χ1n) is 6.74. The van der Waals surface area contributed by atoms with Gasteiger partial charge in [-0.05, 0) is 25.3 Å². The van der Waals surface area contributed by atoms with Gasteiger partial charge in [0.2, 0.25) is 5.43 Å². The van der Waals surface area contributed by atoms with Crippen LogP contribution in [0.3, 0.4) is 0 Å². The van der Waals surface area contributed by atoms with Crippen LogP contribution < -0.4 is 15.1 Å². The number of hydrogen-bond acceptors (Lipinski definition) is 4. The molecule has 1 aliphatic heterocycles. The Balaban J connectivity index is 2.15. The normalized spacial score (nSPS) is 15.6. The molecule has 0 amide bonds. The standard InChI is InChI=1S/C15H16ClNO3/c1-19-10-7-11(16)14-13(8-10)20-9-12(15(14)18)17-5-3-2-4-6-17/h7-9H,2-6H2,1H3. The lowest BCUT2D eigenvalue weighted by Crippen LogP contribution is -2.33. The number of ether oxygens (including phenoxy) is 1. The van der Waals surface area contributed by atoms with Crippen molar-refractivity contribution in [1.82, 2.24) is 0 Å². The van der Waals surface area contributed by atoms with Gasteiger partial charge in [-0.1, -0.05) is 11.6 Å².